The van der Waals surface area contributed by atoms with Gasteiger partial charge in [-0.25, -0.2) is 0 Å². The lowest BCUT2D eigenvalue weighted by Crippen LogP contribution is -2.33. The number of benzene rings is 2. The van der Waals surface area contributed by atoms with E-state index in [1.165, 1.54) is 0 Å². The predicted molar refractivity (Wildman–Crippen MR) is 91.1 cm³/mol. The molecule has 3 heteroatoms. The Bertz CT molecular complexity index is 554. The number of para-hydroxylation sites is 1. The second-order valence-corrected chi connectivity index (χ2v) is 5.88. The molecule has 0 heterocycles. The molecule has 0 amide bonds. The fraction of sp³-hybridized carbons (Fsp3) is 0.368. The molecule has 2 N–H and O–H groups in total. The van der Waals surface area contributed by atoms with E-state index in [1.807, 2.05) is 42.5 Å². The van der Waals surface area contributed by atoms with Crippen LogP contribution in [0.3, 0.4) is 0 Å². The first-order chi connectivity index (χ1) is 10.7. The fourth-order valence-corrected chi connectivity index (χ4v) is 2.23. The summed E-state index contributed by atoms with van der Waals surface area (Å²) in [5, 5.41) is 13.2. The number of nitrogens with one attached hydrogen (secondary N) is 1. The van der Waals surface area contributed by atoms with Gasteiger partial charge in [0, 0.05) is 12.1 Å². The lowest BCUT2D eigenvalue weighted by Gasteiger charge is -2.16. The van der Waals surface area contributed by atoms with Crippen molar-refractivity contribution < 1.29 is 9.84 Å². The van der Waals surface area contributed by atoms with Crippen molar-refractivity contribution in [3.8, 4) is 16.9 Å². The molecule has 1 unspecified atom stereocenters. The van der Waals surface area contributed by atoms with Crippen LogP contribution in [0, 0.1) is 5.92 Å². The van der Waals surface area contributed by atoms with Crippen LogP contribution in [0.15, 0.2) is 54.6 Å². The van der Waals surface area contributed by atoms with Crippen LogP contribution in [-0.2, 0) is 0 Å². The quantitative estimate of drug-likeness (QED) is 0.785. The Morgan fingerprint density at radius 2 is 1.64 bits per heavy atom. The Labute approximate surface area is 133 Å². The van der Waals surface area contributed by atoms with Crippen LogP contribution in [0.4, 0.5) is 0 Å². The standard InChI is InChI=1S/C19H25NO2/c1-15(2)12-20-13-17(21)14-22-19-11-7-6-10-18(19)16-8-4-3-5-9-16/h3-11,15,17,20-21H,12-14H2,1-2H3. The van der Waals surface area contributed by atoms with E-state index in [4.69, 9.17) is 4.74 Å². The summed E-state index contributed by atoms with van der Waals surface area (Å²) in [5.41, 5.74) is 2.16. The van der Waals surface area contributed by atoms with Gasteiger partial charge in [0.2, 0.25) is 0 Å². The number of aliphatic hydroxyl groups is 1. The second-order valence-electron chi connectivity index (χ2n) is 5.88. The Morgan fingerprint density at radius 1 is 0.955 bits per heavy atom. The average molecular weight is 299 g/mol. The van der Waals surface area contributed by atoms with Crippen molar-refractivity contribution in [3.63, 3.8) is 0 Å². The van der Waals surface area contributed by atoms with E-state index in [2.05, 4.69) is 31.3 Å². The molecule has 0 radical (unpaired) electrons. The van der Waals surface area contributed by atoms with E-state index < -0.39 is 6.10 Å². The van der Waals surface area contributed by atoms with Gasteiger partial charge in [0.05, 0.1) is 0 Å². The molecule has 2 rings (SSSR count). The molecule has 0 bridgehead atoms. The summed E-state index contributed by atoms with van der Waals surface area (Å²) in [6.45, 7) is 6.02. The van der Waals surface area contributed by atoms with E-state index in [9.17, 15) is 5.11 Å². The van der Waals surface area contributed by atoms with E-state index in [-0.39, 0.29) is 6.61 Å². The van der Waals surface area contributed by atoms with Gasteiger partial charge < -0.3 is 15.2 Å². The minimum Gasteiger partial charge on any atom is -0.490 e. The van der Waals surface area contributed by atoms with Crippen molar-refractivity contribution in [2.45, 2.75) is 20.0 Å². The molecular formula is C19H25NO2. The number of ether oxygens (including phenoxy) is 1. The van der Waals surface area contributed by atoms with Gasteiger partial charge in [-0.1, -0.05) is 62.4 Å². The topological polar surface area (TPSA) is 41.5 Å². The number of hydrogen-bond donors (Lipinski definition) is 2. The summed E-state index contributed by atoms with van der Waals surface area (Å²) in [6, 6.07) is 18.1. The third-order valence-corrected chi connectivity index (χ3v) is 3.34. The first-order valence-corrected chi connectivity index (χ1v) is 7.83. The van der Waals surface area contributed by atoms with Crippen molar-refractivity contribution >= 4 is 0 Å². The third kappa shape index (κ3) is 5.17. The Hall–Kier alpha value is -1.84. The third-order valence-electron chi connectivity index (χ3n) is 3.34. The largest absolute Gasteiger partial charge is 0.490 e. The normalized spacial score (nSPS) is 12.4. The highest BCUT2D eigenvalue weighted by Gasteiger charge is 2.09. The summed E-state index contributed by atoms with van der Waals surface area (Å²) < 4.78 is 5.82. The van der Waals surface area contributed by atoms with E-state index in [1.54, 1.807) is 0 Å². The fourth-order valence-electron chi connectivity index (χ4n) is 2.23. The maximum Gasteiger partial charge on any atom is 0.127 e. The highest BCUT2D eigenvalue weighted by Crippen LogP contribution is 2.29. The zero-order valence-corrected chi connectivity index (χ0v) is 13.3. The summed E-state index contributed by atoms with van der Waals surface area (Å²) in [7, 11) is 0. The molecule has 118 valence electrons. The first-order valence-electron chi connectivity index (χ1n) is 7.83. The van der Waals surface area contributed by atoms with Gasteiger partial charge in [-0.05, 0) is 24.1 Å². The van der Waals surface area contributed by atoms with Crippen molar-refractivity contribution in [2.75, 3.05) is 19.7 Å². The minimum atomic E-state index is -0.512. The molecule has 2 aromatic rings. The molecule has 0 spiro atoms. The molecule has 2 aromatic carbocycles. The minimum absolute atomic E-state index is 0.287. The molecule has 1 atom stereocenters. The van der Waals surface area contributed by atoms with Crippen LogP contribution in [0.25, 0.3) is 11.1 Å². The maximum atomic E-state index is 10.00. The van der Waals surface area contributed by atoms with Crippen molar-refractivity contribution in [3.05, 3.63) is 54.6 Å². The first kappa shape index (κ1) is 16.5. The van der Waals surface area contributed by atoms with Crippen LogP contribution >= 0.6 is 0 Å². The maximum absolute atomic E-state index is 10.00. The smallest absolute Gasteiger partial charge is 0.127 e. The molecule has 0 aliphatic carbocycles. The van der Waals surface area contributed by atoms with Crippen molar-refractivity contribution in [1.29, 1.82) is 0 Å². The van der Waals surface area contributed by atoms with Crippen LogP contribution < -0.4 is 10.1 Å². The van der Waals surface area contributed by atoms with Gasteiger partial charge in [-0.2, -0.15) is 0 Å². The monoisotopic (exact) mass is 299 g/mol. The predicted octanol–water partition coefficient (Wildman–Crippen LogP) is 3.34. The zero-order chi connectivity index (χ0) is 15.8. The molecule has 0 aliphatic rings. The highest BCUT2D eigenvalue weighted by molar-refractivity contribution is 5.70. The lowest BCUT2D eigenvalue weighted by atomic mass is 10.1. The average Bonchev–Trinajstić information content (AvgIpc) is 2.54. The van der Waals surface area contributed by atoms with Gasteiger partial charge in [-0.15, -0.1) is 0 Å². The van der Waals surface area contributed by atoms with Crippen LogP contribution in [0.1, 0.15) is 13.8 Å². The number of hydrogen-bond acceptors (Lipinski definition) is 3. The van der Waals surface area contributed by atoms with Crippen molar-refractivity contribution in [2.24, 2.45) is 5.92 Å². The molecule has 3 nitrogen and oxygen atoms in total. The number of rotatable bonds is 8. The molecular weight excluding hydrogens is 274 g/mol. The zero-order valence-electron chi connectivity index (χ0n) is 13.3. The van der Waals surface area contributed by atoms with Crippen molar-refractivity contribution in [1.82, 2.24) is 5.32 Å². The SMILES string of the molecule is CC(C)CNCC(O)COc1ccccc1-c1ccccc1. The molecule has 0 aliphatic heterocycles. The van der Waals surface area contributed by atoms with Gasteiger partial charge >= 0.3 is 0 Å². The van der Waals surface area contributed by atoms with Gasteiger partial charge in [0.1, 0.15) is 18.5 Å². The summed E-state index contributed by atoms with van der Waals surface area (Å²) in [4.78, 5) is 0. The Kier molecular flexibility index (Phi) is 6.44. The van der Waals surface area contributed by atoms with E-state index >= 15 is 0 Å². The summed E-state index contributed by atoms with van der Waals surface area (Å²) in [5.74, 6) is 1.38. The summed E-state index contributed by atoms with van der Waals surface area (Å²) >= 11 is 0. The van der Waals surface area contributed by atoms with Crippen LogP contribution in [0.2, 0.25) is 0 Å². The number of aliphatic hydroxyl groups excluding tert-OH is 1. The molecule has 0 aromatic heterocycles. The van der Waals surface area contributed by atoms with Gasteiger partial charge in [-0.3, -0.25) is 0 Å². The molecule has 0 fully saturated rings. The Balaban J connectivity index is 1.93. The summed E-state index contributed by atoms with van der Waals surface area (Å²) in [6.07, 6.45) is -0.512. The lowest BCUT2D eigenvalue weighted by molar-refractivity contribution is 0.106. The van der Waals surface area contributed by atoms with Crippen LogP contribution in [-0.4, -0.2) is 30.9 Å². The highest BCUT2D eigenvalue weighted by atomic mass is 16.5. The molecule has 0 saturated heterocycles. The van der Waals surface area contributed by atoms with Gasteiger partial charge in [0.15, 0.2) is 0 Å². The second kappa shape index (κ2) is 8.57. The molecule has 0 saturated carbocycles. The Morgan fingerprint density at radius 3 is 2.36 bits per heavy atom. The van der Waals surface area contributed by atoms with Crippen LogP contribution in [0.5, 0.6) is 5.75 Å². The molecule has 22 heavy (non-hydrogen) atoms. The van der Waals surface area contributed by atoms with Gasteiger partial charge in [0.25, 0.3) is 0 Å². The van der Waals surface area contributed by atoms with E-state index in [0.29, 0.717) is 12.5 Å². The van der Waals surface area contributed by atoms with E-state index in [0.717, 1.165) is 23.4 Å².